The summed E-state index contributed by atoms with van der Waals surface area (Å²) in [5.41, 5.74) is 1.64. The summed E-state index contributed by atoms with van der Waals surface area (Å²) >= 11 is 3.52. The van der Waals surface area contributed by atoms with E-state index in [4.69, 9.17) is 4.74 Å². The van der Waals surface area contributed by atoms with Gasteiger partial charge in [-0.25, -0.2) is 9.98 Å². The van der Waals surface area contributed by atoms with Gasteiger partial charge in [0.25, 0.3) is 0 Å². The molecule has 2 rings (SSSR count). The largest absolute Gasteiger partial charge is 0.473 e. The number of pyridine rings is 1. The van der Waals surface area contributed by atoms with Crippen molar-refractivity contribution >= 4 is 33.7 Å². The fraction of sp³-hybridized carbons (Fsp3) is 0.588. The summed E-state index contributed by atoms with van der Waals surface area (Å²) in [6, 6.07) is 1.93. The highest BCUT2D eigenvalue weighted by molar-refractivity contribution is 9.10. The summed E-state index contributed by atoms with van der Waals surface area (Å²) in [5.74, 6) is 1.13. The smallest absolute Gasteiger partial charge is 0.228 e. The first-order valence-electron chi connectivity index (χ1n) is 8.00. The number of hydrogen-bond acceptors (Lipinski definition) is 4. The van der Waals surface area contributed by atoms with E-state index in [1.807, 2.05) is 24.9 Å². The average Bonchev–Trinajstić information content (AvgIpc) is 2.51. The van der Waals surface area contributed by atoms with Crippen LogP contribution in [0.3, 0.4) is 0 Å². The highest BCUT2D eigenvalue weighted by Gasteiger charge is 2.28. The van der Waals surface area contributed by atoms with Crippen molar-refractivity contribution in [2.75, 3.05) is 13.6 Å². The maximum atomic E-state index is 11.5. The zero-order valence-corrected chi connectivity index (χ0v) is 15.8. The second-order valence-electron chi connectivity index (χ2n) is 6.11. The molecule has 2 atom stereocenters. The lowest BCUT2D eigenvalue weighted by Crippen LogP contribution is -2.32. The molecule has 0 aromatic carbocycles. The Balaban J connectivity index is 2.13. The summed E-state index contributed by atoms with van der Waals surface area (Å²) in [7, 11) is 1.98. The second-order valence-corrected chi connectivity index (χ2v) is 6.97. The number of hydrogen-bond donors (Lipinski definition) is 0. The van der Waals surface area contributed by atoms with Gasteiger partial charge in [0.1, 0.15) is 11.9 Å². The molecule has 5 nitrogen and oxygen atoms in total. The highest BCUT2D eigenvalue weighted by atomic mass is 79.9. The Hall–Kier alpha value is -1.43. The summed E-state index contributed by atoms with van der Waals surface area (Å²) in [4.78, 5) is 22.5. The van der Waals surface area contributed by atoms with E-state index in [1.165, 1.54) is 0 Å². The monoisotopic (exact) mass is 381 g/mol. The molecule has 2 unspecified atom stereocenters. The van der Waals surface area contributed by atoms with Gasteiger partial charge in [-0.2, -0.15) is 0 Å². The van der Waals surface area contributed by atoms with Crippen LogP contribution in [0.4, 0.5) is 5.69 Å². The van der Waals surface area contributed by atoms with E-state index in [-0.39, 0.29) is 12.0 Å². The number of aromatic nitrogens is 1. The molecule has 6 heteroatoms. The van der Waals surface area contributed by atoms with Gasteiger partial charge < -0.3 is 9.64 Å². The van der Waals surface area contributed by atoms with Crippen LogP contribution in [-0.4, -0.2) is 41.7 Å². The molecule has 1 fully saturated rings. The topological polar surface area (TPSA) is 54.8 Å². The normalized spacial score (nSPS) is 21.7. The van der Waals surface area contributed by atoms with Crippen molar-refractivity contribution in [1.29, 1.82) is 0 Å². The Morgan fingerprint density at radius 2 is 2.30 bits per heavy atom. The number of carbonyl (C=O) groups excluding carboxylic acids is 1. The zero-order chi connectivity index (χ0) is 17.0. The van der Waals surface area contributed by atoms with Gasteiger partial charge in [0, 0.05) is 26.4 Å². The first-order chi connectivity index (χ1) is 10.9. The van der Waals surface area contributed by atoms with Crippen molar-refractivity contribution < 1.29 is 9.53 Å². The molecular formula is C17H24BrN3O2. The number of ketones is 1. The Morgan fingerprint density at radius 1 is 1.57 bits per heavy atom. The maximum absolute atomic E-state index is 11.5. The summed E-state index contributed by atoms with van der Waals surface area (Å²) in [5, 5.41) is 0. The SMILES string of the molecule is CCN(C)/C=N/c1cc(Br)c(OC2CCC(=O)CC2C)nc1C. The van der Waals surface area contributed by atoms with Crippen LogP contribution in [0.15, 0.2) is 15.5 Å². The van der Waals surface area contributed by atoms with Gasteiger partial charge in [-0.3, -0.25) is 4.79 Å². The van der Waals surface area contributed by atoms with E-state index in [9.17, 15) is 4.79 Å². The standard InChI is InChI=1S/C17H24BrN3O2/c1-5-21(4)10-19-15-9-14(18)17(20-12(15)3)23-16-7-6-13(22)8-11(16)2/h9-11,16H,5-8H2,1-4H3/b19-10+. The molecule has 0 N–H and O–H groups in total. The molecule has 0 bridgehead atoms. The molecule has 23 heavy (non-hydrogen) atoms. The predicted octanol–water partition coefficient (Wildman–Crippen LogP) is 3.90. The molecule has 1 saturated carbocycles. The molecule has 0 aliphatic heterocycles. The van der Waals surface area contributed by atoms with E-state index in [0.29, 0.717) is 24.5 Å². The zero-order valence-electron chi connectivity index (χ0n) is 14.2. The van der Waals surface area contributed by atoms with E-state index >= 15 is 0 Å². The number of Topliss-reactive ketones (excluding diaryl/α,β-unsaturated/α-hetero) is 1. The van der Waals surface area contributed by atoms with Crippen molar-refractivity contribution in [3.63, 3.8) is 0 Å². The van der Waals surface area contributed by atoms with Gasteiger partial charge in [-0.1, -0.05) is 6.92 Å². The van der Waals surface area contributed by atoms with E-state index in [1.54, 1.807) is 6.34 Å². The Morgan fingerprint density at radius 3 is 2.96 bits per heavy atom. The molecule has 0 spiro atoms. The first kappa shape index (κ1) is 17.9. The molecular weight excluding hydrogens is 358 g/mol. The molecule has 1 aromatic heterocycles. The molecule has 1 aliphatic rings. The minimum absolute atomic E-state index is 0.0384. The van der Waals surface area contributed by atoms with E-state index in [0.717, 1.165) is 28.8 Å². The third-order valence-electron chi connectivity index (χ3n) is 4.16. The minimum Gasteiger partial charge on any atom is -0.473 e. The number of rotatable bonds is 5. The number of aryl methyl sites for hydroxylation is 1. The molecule has 0 amide bonds. The summed E-state index contributed by atoms with van der Waals surface area (Å²) in [6.45, 7) is 6.95. The number of carbonyl (C=O) groups is 1. The van der Waals surface area contributed by atoms with Crippen LogP contribution in [0.5, 0.6) is 5.88 Å². The number of aliphatic imine (C=N–C) groups is 1. The average molecular weight is 382 g/mol. The highest BCUT2D eigenvalue weighted by Crippen LogP contribution is 2.33. The minimum atomic E-state index is 0.0384. The van der Waals surface area contributed by atoms with Crippen molar-refractivity contribution in [1.82, 2.24) is 9.88 Å². The van der Waals surface area contributed by atoms with Gasteiger partial charge in [-0.15, -0.1) is 0 Å². The first-order valence-corrected chi connectivity index (χ1v) is 8.80. The van der Waals surface area contributed by atoms with Crippen LogP contribution in [0, 0.1) is 12.8 Å². The predicted molar refractivity (Wildman–Crippen MR) is 95.6 cm³/mol. The van der Waals surface area contributed by atoms with E-state index in [2.05, 4.69) is 39.8 Å². The van der Waals surface area contributed by atoms with E-state index < -0.39 is 0 Å². The van der Waals surface area contributed by atoms with Crippen LogP contribution in [-0.2, 0) is 4.79 Å². The van der Waals surface area contributed by atoms with Crippen LogP contribution in [0.1, 0.15) is 38.8 Å². The third kappa shape index (κ3) is 4.77. The lowest BCUT2D eigenvalue weighted by Gasteiger charge is -2.28. The van der Waals surface area contributed by atoms with Crippen LogP contribution in [0.2, 0.25) is 0 Å². The van der Waals surface area contributed by atoms with Crippen molar-refractivity contribution in [3.05, 3.63) is 16.2 Å². The molecule has 126 valence electrons. The van der Waals surface area contributed by atoms with Crippen LogP contribution >= 0.6 is 15.9 Å². The van der Waals surface area contributed by atoms with Gasteiger partial charge in [0.2, 0.25) is 5.88 Å². The van der Waals surface area contributed by atoms with Gasteiger partial charge in [-0.05, 0) is 48.2 Å². The molecule has 1 aromatic rings. The van der Waals surface area contributed by atoms with Crippen molar-refractivity contribution in [2.24, 2.45) is 10.9 Å². The van der Waals surface area contributed by atoms with Crippen molar-refractivity contribution in [3.8, 4) is 5.88 Å². The quantitative estimate of drug-likeness (QED) is 0.573. The summed E-state index contributed by atoms with van der Waals surface area (Å²) in [6.07, 6.45) is 3.78. The summed E-state index contributed by atoms with van der Waals surface area (Å²) < 4.78 is 6.85. The van der Waals surface area contributed by atoms with Crippen LogP contribution < -0.4 is 4.74 Å². The fourth-order valence-electron chi connectivity index (χ4n) is 2.50. The number of nitrogens with zero attached hydrogens (tertiary/aromatic N) is 3. The Labute approximate surface area is 146 Å². The molecule has 0 saturated heterocycles. The lowest BCUT2D eigenvalue weighted by molar-refractivity contribution is -0.123. The molecule has 1 aliphatic carbocycles. The van der Waals surface area contributed by atoms with Crippen molar-refractivity contribution in [2.45, 2.75) is 46.1 Å². The fourth-order valence-corrected chi connectivity index (χ4v) is 2.90. The van der Waals surface area contributed by atoms with Gasteiger partial charge in [0.05, 0.1) is 22.2 Å². The number of ether oxygens (including phenoxy) is 1. The third-order valence-corrected chi connectivity index (χ3v) is 4.72. The maximum Gasteiger partial charge on any atom is 0.228 e. The van der Waals surface area contributed by atoms with Gasteiger partial charge >= 0.3 is 0 Å². The Bertz CT molecular complexity index is 604. The second kappa shape index (κ2) is 7.90. The lowest BCUT2D eigenvalue weighted by atomic mass is 9.87. The molecule has 0 radical (unpaired) electrons. The Kier molecular flexibility index (Phi) is 6.16. The molecule has 1 heterocycles. The van der Waals surface area contributed by atoms with Crippen LogP contribution in [0.25, 0.3) is 0 Å². The number of halogens is 1. The van der Waals surface area contributed by atoms with Gasteiger partial charge in [0.15, 0.2) is 0 Å².